The SMILES string of the molecule is CC1=[C-]C(C)(C)C(C)=C1C.[Cl][Ru+].c1ccc(PCCCPc2ccccc2)cc1. The molecule has 3 rings (SSSR count). The summed E-state index contributed by atoms with van der Waals surface area (Å²) in [5.74, 6) is 0. The molecule has 1 aliphatic rings. The summed E-state index contributed by atoms with van der Waals surface area (Å²) in [6, 6.07) is 21.6. The van der Waals surface area contributed by atoms with Crippen molar-refractivity contribution in [3.8, 4) is 0 Å². The van der Waals surface area contributed by atoms with Gasteiger partial charge in [-0.05, 0) is 29.4 Å². The van der Waals surface area contributed by atoms with Crippen LogP contribution in [0.4, 0.5) is 0 Å². The second kappa shape index (κ2) is 14.7. The van der Waals surface area contributed by atoms with E-state index in [2.05, 4.69) is 111 Å². The molecule has 0 N–H and O–H groups in total. The van der Waals surface area contributed by atoms with Crippen LogP contribution in [-0.4, -0.2) is 12.3 Å². The molecule has 0 nitrogen and oxygen atoms in total. The Labute approximate surface area is 196 Å². The Morgan fingerprint density at radius 1 is 0.793 bits per heavy atom. The Bertz CT molecular complexity index is 726. The van der Waals surface area contributed by atoms with E-state index in [1.54, 1.807) is 0 Å². The number of hydrogen-bond acceptors (Lipinski definition) is 0. The molecule has 2 atom stereocenters. The first-order chi connectivity index (χ1) is 13.9. The van der Waals surface area contributed by atoms with Gasteiger partial charge < -0.3 is 0 Å². The maximum Gasteiger partial charge on any atom is -0.0271 e. The second-order valence-electron chi connectivity index (χ2n) is 7.56. The minimum Gasteiger partial charge on any atom is -0.0904 e. The van der Waals surface area contributed by atoms with Crippen LogP contribution in [0.25, 0.3) is 0 Å². The van der Waals surface area contributed by atoms with E-state index in [1.807, 2.05) is 17.3 Å². The van der Waals surface area contributed by atoms with Crippen molar-refractivity contribution in [2.24, 2.45) is 5.41 Å². The van der Waals surface area contributed by atoms with Crippen molar-refractivity contribution in [1.29, 1.82) is 0 Å². The van der Waals surface area contributed by atoms with Crippen molar-refractivity contribution in [2.45, 2.75) is 41.0 Å². The molecular formula is C25H33ClP2Ru. The summed E-state index contributed by atoms with van der Waals surface area (Å²) in [5.41, 5.74) is 4.39. The van der Waals surface area contributed by atoms with Gasteiger partial charge in [0.05, 0.1) is 0 Å². The van der Waals surface area contributed by atoms with Gasteiger partial charge in [0.2, 0.25) is 0 Å². The fourth-order valence-electron chi connectivity index (χ4n) is 3.07. The minimum atomic E-state index is 0.189. The summed E-state index contributed by atoms with van der Waals surface area (Å²) in [6.07, 6.45) is 7.46. The predicted octanol–water partition coefficient (Wildman–Crippen LogP) is 7.18. The van der Waals surface area contributed by atoms with Gasteiger partial charge in [0.15, 0.2) is 0 Å². The van der Waals surface area contributed by atoms with Crippen molar-refractivity contribution in [1.82, 2.24) is 0 Å². The third-order valence-corrected chi connectivity index (χ3v) is 7.81. The average Bonchev–Trinajstić information content (AvgIpc) is 2.92. The van der Waals surface area contributed by atoms with E-state index < -0.39 is 0 Å². The van der Waals surface area contributed by atoms with Gasteiger partial charge in [0, 0.05) is 0 Å². The largest absolute Gasteiger partial charge is 0.0904 e. The minimum absolute atomic E-state index is 0.189. The summed E-state index contributed by atoms with van der Waals surface area (Å²) < 4.78 is 0. The van der Waals surface area contributed by atoms with Crippen LogP contribution in [0.15, 0.2) is 77.4 Å². The van der Waals surface area contributed by atoms with Gasteiger partial charge in [-0.2, -0.15) is 11.1 Å². The zero-order valence-corrected chi connectivity index (χ0v) is 22.6. The normalized spacial score (nSPS) is 15.2. The molecule has 0 amide bonds. The molecule has 0 aromatic heterocycles. The quantitative estimate of drug-likeness (QED) is 0.160. The standard InChI is InChI=1S/C15H18P2.C10H15.ClH.Ru/c1-3-8-14(9-4-1)16-12-7-13-17-15-10-5-2-6-11-15;1-7-6-10(4,5)9(3)8(7)2;;/h1-6,8-11,16-17H,7,12-13H2;1-5H3;1H;/q;-1;;+2/p-1. The third-order valence-electron chi connectivity index (χ3n) is 5.12. The Hall–Kier alpha value is -0.307. The van der Waals surface area contributed by atoms with E-state index in [1.165, 1.54) is 46.1 Å². The third kappa shape index (κ3) is 10.0. The molecule has 0 bridgehead atoms. The van der Waals surface area contributed by atoms with Crippen molar-refractivity contribution >= 4 is 37.5 Å². The number of halogens is 1. The van der Waals surface area contributed by atoms with Gasteiger partial charge in [-0.15, -0.1) is 6.92 Å². The van der Waals surface area contributed by atoms with E-state index in [0.717, 1.165) is 17.2 Å². The fraction of sp³-hybridized carbons (Fsp3) is 0.360. The molecule has 0 saturated carbocycles. The van der Waals surface area contributed by atoms with E-state index >= 15 is 0 Å². The zero-order chi connectivity index (χ0) is 21.7. The molecular weight excluding hydrogens is 499 g/mol. The smallest absolute Gasteiger partial charge is 0.0271 e. The molecule has 158 valence electrons. The summed E-state index contributed by atoms with van der Waals surface area (Å²) in [6.45, 7) is 10.9. The van der Waals surface area contributed by atoms with Crippen LogP contribution < -0.4 is 10.6 Å². The molecule has 2 aromatic carbocycles. The van der Waals surface area contributed by atoms with Gasteiger partial charge in [0.1, 0.15) is 0 Å². The molecule has 0 saturated heterocycles. The van der Waals surface area contributed by atoms with Crippen LogP contribution in [0, 0.1) is 11.5 Å². The zero-order valence-electron chi connectivity index (χ0n) is 18.1. The van der Waals surface area contributed by atoms with Crippen LogP contribution in [0.2, 0.25) is 0 Å². The van der Waals surface area contributed by atoms with Crippen LogP contribution in [0.3, 0.4) is 0 Å². The molecule has 4 heteroatoms. The molecule has 0 heterocycles. The van der Waals surface area contributed by atoms with Crippen molar-refractivity contribution in [3.05, 3.63) is 83.5 Å². The maximum atomic E-state index is 4.57. The van der Waals surface area contributed by atoms with Gasteiger partial charge in [-0.1, -0.05) is 111 Å². The van der Waals surface area contributed by atoms with Gasteiger partial charge in [-0.3, -0.25) is 6.08 Å². The predicted molar refractivity (Wildman–Crippen MR) is 134 cm³/mol. The second-order valence-corrected chi connectivity index (χ2v) is 10.4. The van der Waals surface area contributed by atoms with Crippen LogP contribution in [-0.2, 0) is 17.3 Å². The van der Waals surface area contributed by atoms with Crippen molar-refractivity contribution in [2.75, 3.05) is 12.3 Å². The molecule has 0 spiro atoms. The summed E-state index contributed by atoms with van der Waals surface area (Å²) in [4.78, 5) is 0. The van der Waals surface area contributed by atoms with Crippen LogP contribution in [0.1, 0.15) is 41.0 Å². The topological polar surface area (TPSA) is 0 Å². The molecule has 2 aromatic rings. The summed E-state index contributed by atoms with van der Waals surface area (Å²) in [7, 11) is 6.52. The molecule has 0 radical (unpaired) electrons. The molecule has 2 unspecified atom stereocenters. The van der Waals surface area contributed by atoms with E-state index in [4.69, 9.17) is 0 Å². The monoisotopic (exact) mass is 532 g/mol. The van der Waals surface area contributed by atoms with Crippen molar-refractivity contribution in [3.63, 3.8) is 0 Å². The van der Waals surface area contributed by atoms with Crippen LogP contribution in [0.5, 0.6) is 0 Å². The molecule has 29 heavy (non-hydrogen) atoms. The molecule has 1 aliphatic carbocycles. The molecule has 0 fully saturated rings. The first-order valence-corrected chi connectivity index (χ1v) is 14.6. The Morgan fingerprint density at radius 2 is 1.21 bits per heavy atom. The van der Waals surface area contributed by atoms with Gasteiger partial charge in [-0.25, -0.2) is 5.57 Å². The first kappa shape index (κ1) is 26.7. The first-order valence-electron chi connectivity index (χ1n) is 9.91. The van der Waals surface area contributed by atoms with E-state index in [-0.39, 0.29) is 5.41 Å². The van der Waals surface area contributed by atoms with E-state index in [0.29, 0.717) is 0 Å². The number of allylic oxidation sites excluding steroid dienone is 4. The number of hydrogen-bond donors (Lipinski definition) is 0. The molecule has 0 aliphatic heterocycles. The summed E-state index contributed by atoms with van der Waals surface area (Å²) in [5, 5.41) is 2.99. The Kier molecular flexibility index (Phi) is 13.5. The summed E-state index contributed by atoms with van der Waals surface area (Å²) >= 11 is 1.82. The average molecular weight is 532 g/mol. The maximum absolute atomic E-state index is 4.57. The Balaban J connectivity index is 0.000000299. The van der Waals surface area contributed by atoms with Gasteiger partial charge >= 0.3 is 27.0 Å². The number of benzene rings is 2. The van der Waals surface area contributed by atoms with Crippen LogP contribution >= 0.6 is 26.9 Å². The Morgan fingerprint density at radius 3 is 1.48 bits per heavy atom. The fourth-order valence-corrected chi connectivity index (χ4v) is 5.57. The number of rotatable bonds is 6. The van der Waals surface area contributed by atoms with Gasteiger partial charge in [0.25, 0.3) is 0 Å². The van der Waals surface area contributed by atoms with E-state index in [9.17, 15) is 0 Å². The van der Waals surface area contributed by atoms with Crippen molar-refractivity contribution < 1.29 is 17.3 Å².